The first kappa shape index (κ1) is 15.4. The van der Waals surface area contributed by atoms with Gasteiger partial charge in [0, 0.05) is 11.7 Å². The van der Waals surface area contributed by atoms with Gasteiger partial charge < -0.3 is 5.32 Å². The molecule has 1 unspecified atom stereocenters. The van der Waals surface area contributed by atoms with Crippen LogP contribution in [-0.2, 0) is 6.18 Å². The standard InChI is InChI=1S/C17H18F3N/c1-3-12(2)21-16-10-6-14(7-11-16)13-4-8-15(9-5-13)17(18,19)20/h4-12,21H,3H2,1-2H3. The van der Waals surface area contributed by atoms with Crippen LogP contribution < -0.4 is 5.32 Å². The molecule has 0 aromatic heterocycles. The van der Waals surface area contributed by atoms with Crippen molar-refractivity contribution in [1.82, 2.24) is 0 Å². The number of anilines is 1. The Kier molecular flexibility index (Phi) is 4.56. The fourth-order valence-corrected chi connectivity index (χ4v) is 2.00. The van der Waals surface area contributed by atoms with Crippen LogP contribution in [0.3, 0.4) is 0 Å². The molecular formula is C17H18F3N. The number of hydrogen-bond donors (Lipinski definition) is 1. The second kappa shape index (κ2) is 6.20. The van der Waals surface area contributed by atoms with E-state index in [2.05, 4.69) is 19.2 Å². The van der Waals surface area contributed by atoms with E-state index in [0.29, 0.717) is 6.04 Å². The molecule has 0 saturated heterocycles. The van der Waals surface area contributed by atoms with Crippen molar-refractivity contribution in [2.75, 3.05) is 5.32 Å². The fourth-order valence-electron chi connectivity index (χ4n) is 2.00. The molecule has 2 rings (SSSR count). The van der Waals surface area contributed by atoms with E-state index in [1.54, 1.807) is 0 Å². The normalized spacial score (nSPS) is 13.0. The lowest BCUT2D eigenvalue weighted by atomic mass is 10.0. The third-order valence-corrected chi connectivity index (χ3v) is 3.46. The molecule has 1 N–H and O–H groups in total. The Balaban J connectivity index is 2.15. The largest absolute Gasteiger partial charge is 0.416 e. The Morgan fingerprint density at radius 1 is 0.905 bits per heavy atom. The summed E-state index contributed by atoms with van der Waals surface area (Å²) in [6.07, 6.45) is -3.26. The molecule has 1 nitrogen and oxygen atoms in total. The number of rotatable bonds is 4. The topological polar surface area (TPSA) is 12.0 Å². The molecule has 1 atom stereocenters. The molecule has 112 valence electrons. The summed E-state index contributed by atoms with van der Waals surface area (Å²) < 4.78 is 37.6. The molecule has 0 aliphatic carbocycles. The highest BCUT2D eigenvalue weighted by Gasteiger charge is 2.29. The van der Waals surface area contributed by atoms with Crippen molar-refractivity contribution in [2.24, 2.45) is 0 Å². The predicted molar refractivity (Wildman–Crippen MR) is 80.3 cm³/mol. The Morgan fingerprint density at radius 3 is 1.81 bits per heavy atom. The van der Waals surface area contributed by atoms with Crippen LogP contribution in [0.15, 0.2) is 48.5 Å². The lowest BCUT2D eigenvalue weighted by Crippen LogP contribution is -2.12. The van der Waals surface area contributed by atoms with Crippen LogP contribution in [0.2, 0.25) is 0 Å². The van der Waals surface area contributed by atoms with Gasteiger partial charge in [0.2, 0.25) is 0 Å². The minimum Gasteiger partial charge on any atom is -0.383 e. The van der Waals surface area contributed by atoms with Crippen LogP contribution in [0.1, 0.15) is 25.8 Å². The first-order valence-electron chi connectivity index (χ1n) is 6.94. The van der Waals surface area contributed by atoms with E-state index in [0.717, 1.165) is 35.4 Å². The Morgan fingerprint density at radius 2 is 1.38 bits per heavy atom. The second-order valence-corrected chi connectivity index (χ2v) is 5.11. The summed E-state index contributed by atoms with van der Waals surface area (Å²) in [4.78, 5) is 0. The molecule has 0 aliphatic heterocycles. The van der Waals surface area contributed by atoms with Gasteiger partial charge >= 0.3 is 6.18 Å². The molecule has 0 radical (unpaired) electrons. The van der Waals surface area contributed by atoms with E-state index < -0.39 is 11.7 Å². The fraction of sp³-hybridized carbons (Fsp3) is 0.294. The SMILES string of the molecule is CCC(C)Nc1ccc(-c2ccc(C(F)(F)F)cc2)cc1. The maximum atomic E-state index is 12.5. The smallest absolute Gasteiger partial charge is 0.383 e. The average molecular weight is 293 g/mol. The molecular weight excluding hydrogens is 275 g/mol. The van der Waals surface area contributed by atoms with E-state index in [1.807, 2.05) is 24.3 Å². The molecule has 0 bridgehead atoms. The highest BCUT2D eigenvalue weighted by atomic mass is 19.4. The molecule has 0 saturated carbocycles. The third kappa shape index (κ3) is 4.00. The minimum atomic E-state index is -4.29. The van der Waals surface area contributed by atoms with Crippen LogP contribution in [0.25, 0.3) is 11.1 Å². The van der Waals surface area contributed by atoms with E-state index in [4.69, 9.17) is 0 Å². The van der Waals surface area contributed by atoms with Crippen LogP contribution >= 0.6 is 0 Å². The van der Waals surface area contributed by atoms with Crippen LogP contribution in [0.5, 0.6) is 0 Å². The quantitative estimate of drug-likeness (QED) is 0.775. The molecule has 2 aromatic carbocycles. The zero-order valence-corrected chi connectivity index (χ0v) is 12.0. The zero-order valence-electron chi connectivity index (χ0n) is 12.0. The van der Waals surface area contributed by atoms with Crippen molar-refractivity contribution in [3.8, 4) is 11.1 Å². The lowest BCUT2D eigenvalue weighted by Gasteiger charge is -2.13. The Bertz CT molecular complexity index is 570. The van der Waals surface area contributed by atoms with Crippen LogP contribution in [0, 0.1) is 0 Å². The van der Waals surface area contributed by atoms with Gasteiger partial charge in [-0.3, -0.25) is 0 Å². The highest BCUT2D eigenvalue weighted by molar-refractivity contribution is 5.66. The maximum absolute atomic E-state index is 12.5. The zero-order chi connectivity index (χ0) is 15.5. The van der Waals surface area contributed by atoms with Gasteiger partial charge in [0.25, 0.3) is 0 Å². The highest BCUT2D eigenvalue weighted by Crippen LogP contribution is 2.31. The van der Waals surface area contributed by atoms with E-state index in [1.165, 1.54) is 12.1 Å². The molecule has 0 aliphatic rings. The van der Waals surface area contributed by atoms with Crippen molar-refractivity contribution in [3.05, 3.63) is 54.1 Å². The van der Waals surface area contributed by atoms with Gasteiger partial charge in [0.15, 0.2) is 0 Å². The van der Waals surface area contributed by atoms with Gasteiger partial charge in [-0.15, -0.1) is 0 Å². The summed E-state index contributed by atoms with van der Waals surface area (Å²) in [5, 5.41) is 3.35. The van der Waals surface area contributed by atoms with E-state index in [-0.39, 0.29) is 0 Å². The van der Waals surface area contributed by atoms with Crippen molar-refractivity contribution in [3.63, 3.8) is 0 Å². The van der Waals surface area contributed by atoms with Crippen molar-refractivity contribution < 1.29 is 13.2 Å². The summed E-state index contributed by atoms with van der Waals surface area (Å²) in [5.41, 5.74) is 2.07. The summed E-state index contributed by atoms with van der Waals surface area (Å²) in [6, 6.07) is 13.3. The first-order chi connectivity index (χ1) is 9.90. The molecule has 0 heterocycles. The molecule has 4 heteroatoms. The number of alkyl halides is 3. The number of hydrogen-bond acceptors (Lipinski definition) is 1. The predicted octanol–water partition coefficient (Wildman–Crippen LogP) is 5.58. The summed E-state index contributed by atoms with van der Waals surface area (Å²) in [6.45, 7) is 4.21. The minimum absolute atomic E-state index is 0.391. The second-order valence-electron chi connectivity index (χ2n) is 5.11. The number of nitrogens with one attached hydrogen (secondary N) is 1. The molecule has 0 spiro atoms. The van der Waals surface area contributed by atoms with Crippen molar-refractivity contribution >= 4 is 5.69 Å². The van der Waals surface area contributed by atoms with Gasteiger partial charge in [-0.25, -0.2) is 0 Å². The maximum Gasteiger partial charge on any atom is 0.416 e. The first-order valence-corrected chi connectivity index (χ1v) is 6.94. The summed E-state index contributed by atoms with van der Waals surface area (Å²) in [5.74, 6) is 0. The summed E-state index contributed by atoms with van der Waals surface area (Å²) in [7, 11) is 0. The number of benzene rings is 2. The summed E-state index contributed by atoms with van der Waals surface area (Å²) >= 11 is 0. The van der Waals surface area contributed by atoms with E-state index in [9.17, 15) is 13.2 Å². The van der Waals surface area contributed by atoms with Crippen molar-refractivity contribution in [1.29, 1.82) is 0 Å². The third-order valence-electron chi connectivity index (χ3n) is 3.46. The van der Waals surface area contributed by atoms with Gasteiger partial charge in [-0.1, -0.05) is 31.2 Å². The van der Waals surface area contributed by atoms with Crippen LogP contribution in [-0.4, -0.2) is 6.04 Å². The van der Waals surface area contributed by atoms with Crippen LogP contribution in [0.4, 0.5) is 18.9 Å². The Labute approximate surface area is 122 Å². The monoisotopic (exact) mass is 293 g/mol. The van der Waals surface area contributed by atoms with Gasteiger partial charge in [0.1, 0.15) is 0 Å². The van der Waals surface area contributed by atoms with Gasteiger partial charge in [-0.05, 0) is 48.7 Å². The average Bonchev–Trinajstić information content (AvgIpc) is 2.47. The molecule has 0 amide bonds. The number of halogens is 3. The molecule has 21 heavy (non-hydrogen) atoms. The van der Waals surface area contributed by atoms with Gasteiger partial charge in [0.05, 0.1) is 5.56 Å². The van der Waals surface area contributed by atoms with Crippen molar-refractivity contribution in [2.45, 2.75) is 32.5 Å². The molecule has 2 aromatic rings. The lowest BCUT2D eigenvalue weighted by molar-refractivity contribution is -0.137. The van der Waals surface area contributed by atoms with E-state index >= 15 is 0 Å². The van der Waals surface area contributed by atoms with Gasteiger partial charge in [-0.2, -0.15) is 13.2 Å². The Hall–Kier alpha value is -1.97. The molecule has 0 fully saturated rings.